The van der Waals surface area contributed by atoms with Gasteiger partial charge in [-0.05, 0) is 67.1 Å². The summed E-state index contributed by atoms with van der Waals surface area (Å²) in [6, 6.07) is 0. The van der Waals surface area contributed by atoms with Gasteiger partial charge in [0.25, 0.3) is 0 Å². The van der Waals surface area contributed by atoms with Crippen molar-refractivity contribution in [3.8, 4) is 0 Å². The van der Waals surface area contributed by atoms with E-state index in [2.05, 4.69) is 48.5 Å². The molecule has 0 aliphatic carbocycles. The highest BCUT2D eigenvalue weighted by molar-refractivity contribution is 5.95. The topological polar surface area (TPSA) is 86.7 Å². The Labute approximate surface area is 218 Å². The van der Waals surface area contributed by atoms with Crippen LogP contribution in [0.4, 0.5) is 0 Å². The van der Waals surface area contributed by atoms with Crippen LogP contribution in [0.15, 0.2) is 0 Å². The van der Waals surface area contributed by atoms with Crippen molar-refractivity contribution in [3.63, 3.8) is 0 Å². The van der Waals surface area contributed by atoms with Crippen LogP contribution in [0, 0.1) is 40.4 Å². The van der Waals surface area contributed by atoms with Crippen LogP contribution in [0.5, 0.6) is 0 Å². The molecule has 0 bridgehead atoms. The van der Waals surface area contributed by atoms with Crippen LogP contribution in [0.1, 0.15) is 126 Å². The lowest BCUT2D eigenvalue weighted by molar-refractivity contribution is -0.156. The molecule has 2 heterocycles. The van der Waals surface area contributed by atoms with Gasteiger partial charge in [0.15, 0.2) is 0 Å². The van der Waals surface area contributed by atoms with E-state index < -0.39 is 5.97 Å². The number of esters is 4. The van der Waals surface area contributed by atoms with E-state index in [0.717, 1.165) is 64.2 Å². The summed E-state index contributed by atoms with van der Waals surface area (Å²) in [4.78, 5) is 49.1. The van der Waals surface area contributed by atoms with E-state index in [9.17, 15) is 19.2 Å². The summed E-state index contributed by atoms with van der Waals surface area (Å²) in [6.07, 6.45) is 9.92. The maximum absolute atomic E-state index is 12.8. The molecule has 2 saturated heterocycles. The first-order valence-electron chi connectivity index (χ1n) is 14.5. The molecule has 0 N–H and O–H groups in total. The van der Waals surface area contributed by atoms with Gasteiger partial charge in [0, 0.05) is 0 Å². The summed E-state index contributed by atoms with van der Waals surface area (Å²) in [5.41, 5.74) is -0.518. The van der Waals surface area contributed by atoms with E-state index in [1.54, 1.807) is 0 Å². The number of cyclic esters (lactones) is 4. The summed E-state index contributed by atoms with van der Waals surface area (Å²) in [6.45, 7) is 15.2. The first-order valence-corrected chi connectivity index (χ1v) is 14.5. The Hall–Kier alpha value is -1.72. The summed E-state index contributed by atoms with van der Waals surface area (Å²) in [5, 5.41) is 0. The average Bonchev–Trinajstić information content (AvgIpc) is 3.39. The predicted molar refractivity (Wildman–Crippen MR) is 140 cm³/mol. The van der Waals surface area contributed by atoms with E-state index in [4.69, 9.17) is 9.47 Å². The minimum atomic E-state index is -0.406. The molecule has 6 atom stereocenters. The molecular weight excluding hydrogens is 456 g/mol. The Morgan fingerprint density at radius 3 is 1.50 bits per heavy atom. The molecule has 0 saturated carbocycles. The minimum absolute atomic E-state index is 0.184. The first kappa shape index (κ1) is 30.5. The number of hydrogen-bond acceptors (Lipinski definition) is 6. The third-order valence-corrected chi connectivity index (χ3v) is 9.95. The molecule has 0 spiro atoms. The number of carbonyl (C=O) groups excluding carboxylic acids is 4. The van der Waals surface area contributed by atoms with Crippen molar-refractivity contribution in [3.05, 3.63) is 0 Å². The van der Waals surface area contributed by atoms with E-state index in [-0.39, 0.29) is 53.4 Å². The van der Waals surface area contributed by atoms with E-state index in [1.807, 2.05) is 0 Å². The second-order valence-electron chi connectivity index (χ2n) is 11.9. The second-order valence-corrected chi connectivity index (χ2v) is 11.9. The Morgan fingerprint density at radius 2 is 1.11 bits per heavy atom. The fourth-order valence-corrected chi connectivity index (χ4v) is 7.03. The fraction of sp³-hybridized carbons (Fsp3) is 0.867. The van der Waals surface area contributed by atoms with Crippen LogP contribution >= 0.6 is 0 Å². The second kappa shape index (κ2) is 13.2. The average molecular weight is 507 g/mol. The third-order valence-electron chi connectivity index (χ3n) is 9.95. The number of hydrogen-bond donors (Lipinski definition) is 0. The van der Waals surface area contributed by atoms with Gasteiger partial charge >= 0.3 is 23.9 Å². The van der Waals surface area contributed by atoms with Gasteiger partial charge in [0.2, 0.25) is 0 Å². The highest BCUT2D eigenvalue weighted by atomic mass is 16.6. The van der Waals surface area contributed by atoms with Crippen LogP contribution in [-0.4, -0.2) is 23.9 Å². The third kappa shape index (κ3) is 6.98. The molecule has 2 fully saturated rings. The molecule has 206 valence electrons. The van der Waals surface area contributed by atoms with Crippen LogP contribution in [0.3, 0.4) is 0 Å². The summed E-state index contributed by atoms with van der Waals surface area (Å²) >= 11 is 0. The molecule has 6 unspecified atom stereocenters. The fourth-order valence-electron chi connectivity index (χ4n) is 7.03. The zero-order valence-corrected chi connectivity index (χ0v) is 23.8. The van der Waals surface area contributed by atoms with Crippen molar-refractivity contribution < 1.29 is 28.7 Å². The van der Waals surface area contributed by atoms with E-state index in [1.165, 1.54) is 0 Å². The van der Waals surface area contributed by atoms with Gasteiger partial charge in [-0.3, -0.25) is 19.2 Å². The van der Waals surface area contributed by atoms with Crippen molar-refractivity contribution in [1.29, 1.82) is 0 Å². The van der Waals surface area contributed by atoms with Crippen molar-refractivity contribution >= 4 is 23.9 Å². The molecular formula is C30H50O6. The number of ether oxygens (including phenoxy) is 2. The van der Waals surface area contributed by atoms with Gasteiger partial charge in [-0.15, -0.1) is 0 Å². The quantitative estimate of drug-likeness (QED) is 0.165. The van der Waals surface area contributed by atoms with Crippen molar-refractivity contribution in [1.82, 2.24) is 0 Å². The lowest BCUT2D eigenvalue weighted by Crippen LogP contribution is -2.38. The van der Waals surface area contributed by atoms with Gasteiger partial charge in [0.1, 0.15) is 0 Å². The van der Waals surface area contributed by atoms with Gasteiger partial charge < -0.3 is 9.47 Å². The highest BCUT2D eigenvalue weighted by Gasteiger charge is 2.50. The van der Waals surface area contributed by atoms with Crippen LogP contribution in [-0.2, 0) is 28.7 Å². The van der Waals surface area contributed by atoms with Crippen molar-refractivity contribution in [2.24, 2.45) is 40.4 Å². The number of rotatable bonds is 16. The smallest absolute Gasteiger partial charge is 0.317 e. The van der Waals surface area contributed by atoms with Gasteiger partial charge in [0.05, 0.1) is 24.7 Å². The largest absolute Gasteiger partial charge is 0.393 e. The lowest BCUT2D eigenvalue weighted by Gasteiger charge is -2.42. The molecule has 0 amide bonds. The summed E-state index contributed by atoms with van der Waals surface area (Å²) in [7, 11) is 0. The maximum Gasteiger partial charge on any atom is 0.317 e. The minimum Gasteiger partial charge on any atom is -0.393 e. The molecule has 0 aromatic carbocycles. The monoisotopic (exact) mass is 506 g/mol. The van der Waals surface area contributed by atoms with Crippen LogP contribution in [0.25, 0.3) is 0 Å². The SMILES string of the molecule is CCC(CC(CC)CC(CC)(CC(CC)CC)C1CC(=O)OC1=O)CC(C)(CC)C1CC(=O)OC1=O. The first-order chi connectivity index (χ1) is 17.0. The van der Waals surface area contributed by atoms with Crippen molar-refractivity contribution in [2.45, 2.75) is 126 Å². The number of carbonyl (C=O) groups is 4. The Kier molecular flexibility index (Phi) is 11.2. The predicted octanol–water partition coefficient (Wildman–Crippen LogP) is 7.03. The van der Waals surface area contributed by atoms with Gasteiger partial charge in [-0.1, -0.05) is 74.1 Å². The van der Waals surface area contributed by atoms with Gasteiger partial charge in [-0.25, -0.2) is 0 Å². The maximum atomic E-state index is 12.8. The molecule has 2 aliphatic rings. The molecule has 0 radical (unpaired) electrons. The highest BCUT2D eigenvalue weighted by Crippen LogP contribution is 2.51. The Morgan fingerprint density at radius 1 is 0.667 bits per heavy atom. The summed E-state index contributed by atoms with van der Waals surface area (Å²) < 4.78 is 9.96. The van der Waals surface area contributed by atoms with Gasteiger partial charge in [-0.2, -0.15) is 0 Å². The van der Waals surface area contributed by atoms with E-state index in [0.29, 0.717) is 17.8 Å². The van der Waals surface area contributed by atoms with Crippen LogP contribution in [0.2, 0.25) is 0 Å². The Bertz CT molecular complexity index is 786. The molecule has 2 aliphatic heterocycles. The normalized spacial score (nSPS) is 25.4. The lowest BCUT2D eigenvalue weighted by atomic mass is 9.61. The standard InChI is InChI=1S/C30H50O6/c1-8-20(9-2)18-30(13-6,24-16-26(32)36-28(24)34)19-22(11-4)14-21(10-3)17-29(7,12-5)23-15-25(31)35-27(23)33/h20-24H,8-19H2,1-7H3. The zero-order chi connectivity index (χ0) is 27.1. The summed E-state index contributed by atoms with van der Waals surface area (Å²) in [5.74, 6) is -0.891. The van der Waals surface area contributed by atoms with Crippen LogP contribution < -0.4 is 0 Å². The molecule has 2 rings (SSSR count). The van der Waals surface area contributed by atoms with Crippen molar-refractivity contribution in [2.75, 3.05) is 0 Å². The molecule has 6 nitrogen and oxygen atoms in total. The molecule has 6 heteroatoms. The molecule has 36 heavy (non-hydrogen) atoms. The Balaban J connectivity index is 2.26. The molecule has 0 aromatic rings. The molecule has 0 aromatic heterocycles. The zero-order valence-electron chi connectivity index (χ0n) is 23.8. The van der Waals surface area contributed by atoms with E-state index >= 15 is 0 Å².